The Kier molecular flexibility index (Phi) is 4.35. The molecule has 104 valence electrons. The Morgan fingerprint density at radius 3 is 2.95 bits per heavy atom. The molecule has 0 aliphatic carbocycles. The van der Waals surface area contributed by atoms with Crippen molar-refractivity contribution in [2.75, 3.05) is 5.75 Å². The lowest BCUT2D eigenvalue weighted by Gasteiger charge is -2.20. The fraction of sp³-hybridized carbons (Fsp3) is 0.294. The average Bonchev–Trinajstić information content (AvgIpc) is 2.82. The molecule has 0 amide bonds. The molecule has 2 atom stereocenters. The zero-order valence-electron chi connectivity index (χ0n) is 11.5. The van der Waals surface area contributed by atoms with E-state index in [2.05, 4.69) is 48.6 Å². The molecule has 1 aliphatic rings. The standard InChI is InChI=1S/C17H18ClNS/c1-12(9-13-5-4-6-14(18)10-13)19-16-11-20-17-8-3-2-7-15(16)17/h2-8,10,12,16,19H,9,11H2,1H3. The number of benzene rings is 2. The summed E-state index contributed by atoms with van der Waals surface area (Å²) in [7, 11) is 0. The van der Waals surface area contributed by atoms with Crippen molar-refractivity contribution in [1.82, 2.24) is 5.32 Å². The molecule has 20 heavy (non-hydrogen) atoms. The minimum absolute atomic E-state index is 0.435. The van der Waals surface area contributed by atoms with Crippen molar-refractivity contribution in [2.24, 2.45) is 0 Å². The van der Waals surface area contributed by atoms with Gasteiger partial charge in [-0.3, -0.25) is 0 Å². The van der Waals surface area contributed by atoms with E-state index in [-0.39, 0.29) is 0 Å². The van der Waals surface area contributed by atoms with Gasteiger partial charge in [-0.1, -0.05) is 41.9 Å². The number of thioether (sulfide) groups is 1. The summed E-state index contributed by atoms with van der Waals surface area (Å²) in [5.41, 5.74) is 2.73. The number of hydrogen-bond donors (Lipinski definition) is 1. The molecule has 2 unspecified atom stereocenters. The fourth-order valence-corrected chi connectivity index (χ4v) is 4.11. The van der Waals surface area contributed by atoms with Crippen LogP contribution in [0, 0.1) is 0 Å². The molecule has 0 aromatic heterocycles. The van der Waals surface area contributed by atoms with Gasteiger partial charge in [0.15, 0.2) is 0 Å². The highest BCUT2D eigenvalue weighted by atomic mass is 35.5. The minimum Gasteiger partial charge on any atom is -0.306 e. The Hall–Kier alpha value is -0.960. The molecule has 2 aromatic carbocycles. The second kappa shape index (κ2) is 6.21. The molecular formula is C17H18ClNS. The average molecular weight is 304 g/mol. The van der Waals surface area contributed by atoms with Crippen molar-refractivity contribution in [2.45, 2.75) is 30.3 Å². The number of fused-ring (bicyclic) bond motifs is 1. The van der Waals surface area contributed by atoms with Crippen molar-refractivity contribution in [3.8, 4) is 0 Å². The summed E-state index contributed by atoms with van der Waals surface area (Å²) in [6.45, 7) is 2.24. The van der Waals surface area contributed by atoms with Gasteiger partial charge in [0.1, 0.15) is 0 Å². The van der Waals surface area contributed by atoms with Crippen LogP contribution >= 0.6 is 23.4 Å². The van der Waals surface area contributed by atoms with Crippen LogP contribution in [0.3, 0.4) is 0 Å². The first kappa shape index (κ1) is 14.0. The van der Waals surface area contributed by atoms with E-state index in [1.807, 2.05) is 23.9 Å². The van der Waals surface area contributed by atoms with Gasteiger partial charge in [-0.15, -0.1) is 11.8 Å². The molecule has 1 heterocycles. The van der Waals surface area contributed by atoms with Crippen molar-refractivity contribution in [3.05, 3.63) is 64.7 Å². The van der Waals surface area contributed by atoms with Crippen LogP contribution in [0.2, 0.25) is 5.02 Å². The van der Waals surface area contributed by atoms with Crippen molar-refractivity contribution in [3.63, 3.8) is 0 Å². The maximum atomic E-state index is 6.04. The lowest BCUT2D eigenvalue weighted by atomic mass is 10.0. The number of hydrogen-bond acceptors (Lipinski definition) is 2. The number of rotatable bonds is 4. The molecule has 0 spiro atoms. The highest BCUT2D eigenvalue weighted by Gasteiger charge is 2.23. The van der Waals surface area contributed by atoms with E-state index >= 15 is 0 Å². The molecule has 1 aliphatic heterocycles. The summed E-state index contributed by atoms with van der Waals surface area (Å²) in [4.78, 5) is 1.42. The SMILES string of the molecule is CC(Cc1cccc(Cl)c1)NC1CSc2ccccc21. The third-order valence-corrected chi connectivity index (χ3v) is 5.03. The minimum atomic E-state index is 0.435. The van der Waals surface area contributed by atoms with E-state index < -0.39 is 0 Å². The third-order valence-electron chi connectivity index (χ3n) is 3.62. The summed E-state index contributed by atoms with van der Waals surface area (Å²) in [5.74, 6) is 1.12. The van der Waals surface area contributed by atoms with Crippen LogP contribution in [-0.4, -0.2) is 11.8 Å². The first-order valence-corrected chi connectivity index (χ1v) is 8.31. The smallest absolute Gasteiger partial charge is 0.0428 e. The van der Waals surface area contributed by atoms with Crippen LogP contribution < -0.4 is 5.32 Å². The van der Waals surface area contributed by atoms with E-state index in [0.29, 0.717) is 12.1 Å². The van der Waals surface area contributed by atoms with Gasteiger partial charge in [0.05, 0.1) is 0 Å². The maximum Gasteiger partial charge on any atom is 0.0428 e. The monoisotopic (exact) mass is 303 g/mol. The van der Waals surface area contributed by atoms with Gasteiger partial charge < -0.3 is 5.32 Å². The van der Waals surface area contributed by atoms with Gasteiger partial charge in [-0.25, -0.2) is 0 Å². The second-order valence-corrected chi connectivity index (χ2v) is 6.80. The lowest BCUT2D eigenvalue weighted by molar-refractivity contribution is 0.483. The van der Waals surface area contributed by atoms with Gasteiger partial charge in [0.2, 0.25) is 0 Å². The van der Waals surface area contributed by atoms with Gasteiger partial charge in [-0.2, -0.15) is 0 Å². The zero-order chi connectivity index (χ0) is 13.9. The van der Waals surface area contributed by atoms with E-state index in [0.717, 1.165) is 17.2 Å². The molecule has 3 heteroatoms. The summed E-state index contributed by atoms with van der Waals surface area (Å²) >= 11 is 7.98. The summed E-state index contributed by atoms with van der Waals surface area (Å²) < 4.78 is 0. The maximum absolute atomic E-state index is 6.04. The quantitative estimate of drug-likeness (QED) is 0.878. The van der Waals surface area contributed by atoms with Crippen LogP contribution in [0.4, 0.5) is 0 Å². The predicted molar refractivity (Wildman–Crippen MR) is 87.7 cm³/mol. The Bertz CT molecular complexity index is 599. The topological polar surface area (TPSA) is 12.0 Å². The largest absolute Gasteiger partial charge is 0.306 e. The van der Waals surface area contributed by atoms with Crippen LogP contribution in [-0.2, 0) is 6.42 Å². The van der Waals surface area contributed by atoms with Gasteiger partial charge in [0.25, 0.3) is 0 Å². The van der Waals surface area contributed by atoms with Crippen LogP contribution in [0.15, 0.2) is 53.4 Å². The Morgan fingerprint density at radius 1 is 1.25 bits per heavy atom. The van der Waals surface area contributed by atoms with Crippen molar-refractivity contribution in [1.29, 1.82) is 0 Å². The van der Waals surface area contributed by atoms with E-state index in [4.69, 9.17) is 11.6 Å². The molecular weight excluding hydrogens is 286 g/mol. The Labute approximate surface area is 129 Å². The normalized spacial score (nSPS) is 18.8. The first-order chi connectivity index (χ1) is 9.72. The van der Waals surface area contributed by atoms with E-state index in [9.17, 15) is 0 Å². The summed E-state index contributed by atoms with van der Waals surface area (Å²) in [5, 5.41) is 4.56. The predicted octanol–water partition coefficient (Wildman–Crippen LogP) is 4.71. The highest BCUT2D eigenvalue weighted by Crippen LogP contribution is 2.37. The van der Waals surface area contributed by atoms with Crippen molar-refractivity contribution < 1.29 is 0 Å². The van der Waals surface area contributed by atoms with Gasteiger partial charge >= 0.3 is 0 Å². The molecule has 1 nitrogen and oxygen atoms in total. The molecule has 0 fully saturated rings. The fourth-order valence-electron chi connectivity index (χ4n) is 2.72. The molecule has 0 radical (unpaired) electrons. The van der Waals surface area contributed by atoms with E-state index in [1.165, 1.54) is 16.0 Å². The lowest BCUT2D eigenvalue weighted by Crippen LogP contribution is -2.32. The molecule has 3 rings (SSSR count). The van der Waals surface area contributed by atoms with Gasteiger partial charge in [-0.05, 0) is 42.7 Å². The van der Waals surface area contributed by atoms with E-state index in [1.54, 1.807) is 0 Å². The molecule has 0 bridgehead atoms. The van der Waals surface area contributed by atoms with Crippen LogP contribution in [0.25, 0.3) is 0 Å². The molecule has 0 saturated carbocycles. The highest BCUT2D eigenvalue weighted by molar-refractivity contribution is 7.99. The first-order valence-electron chi connectivity index (χ1n) is 6.94. The zero-order valence-corrected chi connectivity index (χ0v) is 13.0. The van der Waals surface area contributed by atoms with Crippen LogP contribution in [0.1, 0.15) is 24.1 Å². The van der Waals surface area contributed by atoms with Gasteiger partial charge in [0, 0.05) is 27.8 Å². The third kappa shape index (κ3) is 3.20. The Morgan fingerprint density at radius 2 is 2.10 bits per heavy atom. The van der Waals surface area contributed by atoms with Crippen LogP contribution in [0.5, 0.6) is 0 Å². The summed E-state index contributed by atoms with van der Waals surface area (Å²) in [6.07, 6.45) is 1.00. The Balaban J connectivity index is 1.64. The second-order valence-electron chi connectivity index (χ2n) is 5.30. The number of nitrogens with one attached hydrogen (secondary N) is 1. The van der Waals surface area contributed by atoms with Crippen molar-refractivity contribution >= 4 is 23.4 Å². The molecule has 0 saturated heterocycles. The number of halogens is 1. The molecule has 2 aromatic rings. The summed E-state index contributed by atoms with van der Waals surface area (Å²) in [6, 6.07) is 17.7. The molecule has 1 N–H and O–H groups in total.